The van der Waals surface area contributed by atoms with E-state index in [-0.39, 0.29) is 19.1 Å². The van der Waals surface area contributed by atoms with Gasteiger partial charge in [-0.3, -0.25) is 9.36 Å². The predicted octanol–water partition coefficient (Wildman–Crippen LogP) is 10.6. The van der Waals surface area contributed by atoms with Gasteiger partial charge in [-0.2, -0.15) is 0 Å². The summed E-state index contributed by atoms with van der Waals surface area (Å²) in [6.45, 7) is 4.59. The van der Waals surface area contributed by atoms with Crippen LogP contribution >= 0.6 is 7.82 Å². The third-order valence-electron chi connectivity index (χ3n) is 9.50. The Morgan fingerprint density at radius 1 is 0.680 bits per heavy atom. The smallest absolute Gasteiger partial charge is 0.268 e. The average Bonchev–Trinajstić information content (AvgIpc) is 3.06. The van der Waals surface area contributed by atoms with Gasteiger partial charge in [0.05, 0.1) is 39.9 Å². The minimum absolute atomic E-state index is 0.00126. The second kappa shape index (κ2) is 34.0. The summed E-state index contributed by atoms with van der Waals surface area (Å²) in [7, 11) is 1.26. The van der Waals surface area contributed by atoms with E-state index in [2.05, 4.69) is 19.2 Å². The first-order valence-corrected chi connectivity index (χ1v) is 22.5. The topological polar surface area (TPSA) is 108 Å². The Bertz CT molecular complexity index is 834. The molecular weight excluding hydrogens is 647 g/mol. The Balaban J connectivity index is 4.16. The molecule has 0 radical (unpaired) electrons. The second-order valence-electron chi connectivity index (χ2n) is 15.7. The standard InChI is InChI=1S/C41H83N2O6P/c1-6-8-10-12-14-15-16-17-18-19-20-21-22-23-24-25-26-27-29-31-33-35-41(45)42-39(40(44)34-32-30-28-13-11-9-7-2)38-49-50(46,47)48-37-36-43(3,4)5/h32,34,39-40,44H,6-31,33,35-38H2,1-5H3,(H-,42,45,46,47)/b34-32+. The van der Waals surface area contributed by atoms with Gasteiger partial charge in [-0.05, 0) is 19.3 Å². The third kappa shape index (κ3) is 35.6. The molecule has 0 aromatic rings. The number of carbonyl (C=O) groups excluding carboxylic acids is 1. The number of allylic oxidation sites excluding steroid dienone is 1. The molecule has 0 saturated heterocycles. The van der Waals surface area contributed by atoms with Crippen LogP contribution in [0.5, 0.6) is 0 Å². The molecule has 2 N–H and O–H groups in total. The first kappa shape index (κ1) is 49.2. The number of carbonyl (C=O) groups is 1. The molecule has 0 aliphatic carbocycles. The van der Waals surface area contributed by atoms with Gasteiger partial charge in [0.2, 0.25) is 5.91 Å². The molecule has 0 aromatic carbocycles. The molecule has 0 aromatic heterocycles. The molecule has 8 nitrogen and oxygen atoms in total. The SMILES string of the molecule is CCCCCCC/C=C/C(O)C(COP(=O)([O-])OCC[N+](C)(C)C)NC(=O)CCCCCCCCCCCCCCCCCCCCCCC. The fourth-order valence-corrected chi connectivity index (χ4v) is 6.82. The first-order valence-electron chi connectivity index (χ1n) is 21.1. The summed E-state index contributed by atoms with van der Waals surface area (Å²) in [5, 5.41) is 13.6. The van der Waals surface area contributed by atoms with Crippen LogP contribution in [0.4, 0.5) is 0 Å². The molecule has 0 spiro atoms. The lowest BCUT2D eigenvalue weighted by Crippen LogP contribution is -2.45. The number of amides is 1. The summed E-state index contributed by atoms with van der Waals surface area (Å²) in [5.41, 5.74) is 0. The molecule has 0 saturated carbocycles. The van der Waals surface area contributed by atoms with Crippen molar-refractivity contribution in [2.45, 2.75) is 206 Å². The zero-order valence-corrected chi connectivity index (χ0v) is 34.5. The van der Waals surface area contributed by atoms with Crippen molar-refractivity contribution in [1.82, 2.24) is 5.32 Å². The highest BCUT2D eigenvalue weighted by atomic mass is 31.2. The molecule has 0 aliphatic heterocycles. The van der Waals surface area contributed by atoms with E-state index in [1.165, 1.54) is 135 Å². The van der Waals surface area contributed by atoms with Gasteiger partial charge >= 0.3 is 0 Å². The van der Waals surface area contributed by atoms with Gasteiger partial charge in [0.1, 0.15) is 13.2 Å². The predicted molar refractivity (Wildman–Crippen MR) is 210 cm³/mol. The average molecular weight is 731 g/mol. The lowest BCUT2D eigenvalue weighted by Gasteiger charge is -2.29. The number of aliphatic hydroxyl groups excluding tert-OH is 1. The maximum Gasteiger partial charge on any atom is 0.268 e. The maximum absolute atomic E-state index is 12.8. The van der Waals surface area contributed by atoms with E-state index >= 15 is 0 Å². The van der Waals surface area contributed by atoms with Gasteiger partial charge in [0, 0.05) is 6.42 Å². The normalized spacial score (nSPS) is 14.6. The number of hydrogen-bond donors (Lipinski definition) is 2. The van der Waals surface area contributed by atoms with Crippen molar-refractivity contribution >= 4 is 13.7 Å². The molecule has 9 heteroatoms. The molecule has 298 valence electrons. The van der Waals surface area contributed by atoms with E-state index in [4.69, 9.17) is 9.05 Å². The van der Waals surface area contributed by atoms with Crippen molar-refractivity contribution < 1.29 is 32.9 Å². The van der Waals surface area contributed by atoms with Gasteiger partial charge in [-0.25, -0.2) is 0 Å². The first-order chi connectivity index (χ1) is 24.0. The van der Waals surface area contributed by atoms with Crippen molar-refractivity contribution in [3.63, 3.8) is 0 Å². The number of aliphatic hydroxyl groups is 1. The number of phosphoric acid groups is 1. The monoisotopic (exact) mass is 731 g/mol. The van der Waals surface area contributed by atoms with Crippen LogP contribution < -0.4 is 10.2 Å². The molecule has 1 amide bonds. The number of quaternary nitrogens is 1. The van der Waals surface area contributed by atoms with Crippen LogP contribution in [0.3, 0.4) is 0 Å². The summed E-state index contributed by atoms with van der Waals surface area (Å²) in [5.74, 6) is -0.199. The zero-order valence-electron chi connectivity index (χ0n) is 33.6. The minimum atomic E-state index is -4.57. The Morgan fingerprint density at radius 3 is 1.50 bits per heavy atom. The molecule has 3 unspecified atom stereocenters. The largest absolute Gasteiger partial charge is 0.756 e. The van der Waals surface area contributed by atoms with Crippen molar-refractivity contribution in [3.8, 4) is 0 Å². The Hall–Kier alpha value is -0.760. The Labute approximate surface area is 310 Å². The van der Waals surface area contributed by atoms with Crippen LogP contribution in [-0.2, 0) is 18.4 Å². The van der Waals surface area contributed by atoms with Crippen LogP contribution in [0.25, 0.3) is 0 Å². The quantitative estimate of drug-likeness (QED) is 0.0283. The maximum atomic E-state index is 12.8. The van der Waals surface area contributed by atoms with Crippen LogP contribution in [0.2, 0.25) is 0 Å². The highest BCUT2D eigenvalue weighted by molar-refractivity contribution is 7.45. The summed E-state index contributed by atoms with van der Waals surface area (Å²) < 4.78 is 23.0. The number of hydrogen-bond acceptors (Lipinski definition) is 6. The van der Waals surface area contributed by atoms with Gasteiger partial charge in [-0.15, -0.1) is 0 Å². The second-order valence-corrected chi connectivity index (χ2v) is 17.1. The number of likely N-dealkylation sites (N-methyl/N-ethyl adjacent to an activating group) is 1. The molecule has 0 rings (SSSR count). The van der Waals surface area contributed by atoms with Gasteiger partial charge < -0.3 is 28.8 Å². The number of rotatable bonds is 38. The molecule has 0 aliphatic rings. The lowest BCUT2D eigenvalue weighted by molar-refractivity contribution is -0.870. The number of nitrogens with zero attached hydrogens (tertiary/aromatic N) is 1. The van der Waals surface area contributed by atoms with E-state index in [1.54, 1.807) is 6.08 Å². The van der Waals surface area contributed by atoms with Gasteiger partial charge in [-0.1, -0.05) is 180 Å². The summed E-state index contributed by atoms with van der Waals surface area (Å²) in [4.78, 5) is 25.1. The highest BCUT2D eigenvalue weighted by Crippen LogP contribution is 2.38. The summed E-state index contributed by atoms with van der Waals surface area (Å²) >= 11 is 0. The fraction of sp³-hybridized carbons (Fsp3) is 0.927. The Kier molecular flexibility index (Phi) is 33.5. The van der Waals surface area contributed by atoms with Crippen molar-refractivity contribution in [2.24, 2.45) is 0 Å². The number of phosphoric ester groups is 1. The van der Waals surface area contributed by atoms with Gasteiger partial charge in [0.25, 0.3) is 7.82 Å². The zero-order chi connectivity index (χ0) is 37.2. The summed E-state index contributed by atoms with van der Waals surface area (Å²) in [6, 6.07) is -0.877. The lowest BCUT2D eigenvalue weighted by atomic mass is 10.0. The van der Waals surface area contributed by atoms with Gasteiger partial charge in [0.15, 0.2) is 0 Å². The molecular formula is C41H83N2O6P. The fourth-order valence-electron chi connectivity index (χ4n) is 6.09. The van der Waals surface area contributed by atoms with E-state index in [0.717, 1.165) is 38.5 Å². The van der Waals surface area contributed by atoms with E-state index in [1.807, 2.05) is 27.2 Å². The molecule has 0 bridgehead atoms. The van der Waals surface area contributed by atoms with E-state index in [9.17, 15) is 19.4 Å². The molecule has 0 fully saturated rings. The summed E-state index contributed by atoms with van der Waals surface area (Å²) in [6.07, 6.45) is 37.1. The van der Waals surface area contributed by atoms with Crippen LogP contribution in [0.1, 0.15) is 194 Å². The molecule has 50 heavy (non-hydrogen) atoms. The number of unbranched alkanes of at least 4 members (excludes halogenated alkanes) is 25. The highest BCUT2D eigenvalue weighted by Gasteiger charge is 2.23. The van der Waals surface area contributed by atoms with E-state index < -0.39 is 20.0 Å². The number of nitrogens with one attached hydrogen (secondary N) is 1. The van der Waals surface area contributed by atoms with Crippen molar-refractivity contribution in [1.29, 1.82) is 0 Å². The van der Waals surface area contributed by atoms with Crippen molar-refractivity contribution in [3.05, 3.63) is 12.2 Å². The molecule has 3 atom stereocenters. The Morgan fingerprint density at radius 2 is 1.08 bits per heavy atom. The van der Waals surface area contributed by atoms with Crippen LogP contribution in [0.15, 0.2) is 12.2 Å². The van der Waals surface area contributed by atoms with E-state index in [0.29, 0.717) is 17.4 Å². The molecule has 0 heterocycles. The minimum Gasteiger partial charge on any atom is -0.756 e. The third-order valence-corrected chi connectivity index (χ3v) is 10.5. The van der Waals surface area contributed by atoms with Crippen molar-refractivity contribution in [2.75, 3.05) is 40.9 Å². The van der Waals surface area contributed by atoms with Crippen LogP contribution in [-0.4, -0.2) is 68.5 Å². The van der Waals surface area contributed by atoms with Crippen LogP contribution in [0, 0.1) is 0 Å².